The molecule has 9 nitrogen and oxygen atoms in total. The monoisotopic (exact) mass is 602 g/mol. The summed E-state index contributed by atoms with van der Waals surface area (Å²) in [6.45, 7) is 3.58. The predicted octanol–water partition coefficient (Wildman–Crippen LogP) is 5.76. The zero-order valence-electron chi connectivity index (χ0n) is 23.8. The average molecular weight is 603 g/mol. The first-order valence-corrected chi connectivity index (χ1v) is 15.1. The molecule has 3 aromatic carbocycles. The Bertz CT molecular complexity index is 1510. The lowest BCUT2D eigenvalue weighted by Crippen LogP contribution is -2.47. The van der Waals surface area contributed by atoms with Crippen molar-refractivity contribution in [3.05, 3.63) is 71.2 Å². The molecular formula is C30H35ClN2O7S. The molecule has 1 amide bonds. The highest BCUT2D eigenvalue weighted by atomic mass is 35.5. The molecule has 1 atom stereocenters. The van der Waals surface area contributed by atoms with Crippen molar-refractivity contribution in [1.82, 2.24) is 5.32 Å². The summed E-state index contributed by atoms with van der Waals surface area (Å²) in [5.41, 5.74) is 0.509. The average Bonchev–Trinajstić information content (AvgIpc) is 2.99. The highest BCUT2D eigenvalue weighted by Gasteiger charge is 2.39. The summed E-state index contributed by atoms with van der Waals surface area (Å²) >= 11 is 6.28. The molecule has 220 valence electrons. The third-order valence-electron chi connectivity index (χ3n) is 7.46. The second-order valence-electron chi connectivity index (χ2n) is 9.70. The van der Waals surface area contributed by atoms with Crippen molar-refractivity contribution in [3.8, 4) is 23.0 Å². The van der Waals surface area contributed by atoms with Crippen molar-refractivity contribution in [3.63, 3.8) is 0 Å². The third-order valence-corrected chi connectivity index (χ3v) is 9.45. The van der Waals surface area contributed by atoms with Crippen LogP contribution in [0.15, 0.2) is 65.6 Å². The van der Waals surface area contributed by atoms with E-state index in [1.54, 1.807) is 12.1 Å². The molecule has 0 fully saturated rings. The lowest BCUT2D eigenvalue weighted by molar-refractivity contribution is -0.121. The Balaban J connectivity index is 1.74. The van der Waals surface area contributed by atoms with Crippen LogP contribution in [0.3, 0.4) is 0 Å². The van der Waals surface area contributed by atoms with Gasteiger partial charge in [0, 0.05) is 23.1 Å². The third kappa shape index (κ3) is 6.18. The Morgan fingerprint density at radius 3 is 2.29 bits per heavy atom. The fraction of sp³-hybridized carbons (Fsp3) is 0.367. The molecule has 3 aromatic rings. The Labute approximate surface area is 246 Å². The van der Waals surface area contributed by atoms with E-state index < -0.39 is 28.1 Å². The van der Waals surface area contributed by atoms with E-state index in [-0.39, 0.29) is 33.1 Å². The number of rotatable bonds is 11. The summed E-state index contributed by atoms with van der Waals surface area (Å²) in [7, 11) is -0.0247. The van der Waals surface area contributed by atoms with Gasteiger partial charge in [-0.1, -0.05) is 43.6 Å². The van der Waals surface area contributed by atoms with Crippen LogP contribution in [0.25, 0.3) is 0 Å². The Kier molecular flexibility index (Phi) is 9.24. The number of nitrogens with zero attached hydrogens (tertiary/aromatic N) is 1. The first kappa shape index (κ1) is 30.3. The molecule has 0 aromatic heterocycles. The van der Waals surface area contributed by atoms with Gasteiger partial charge in [0.05, 0.1) is 38.0 Å². The van der Waals surface area contributed by atoms with Gasteiger partial charge in [0.15, 0.2) is 11.5 Å². The molecule has 41 heavy (non-hydrogen) atoms. The number of halogens is 1. The Hall–Kier alpha value is -3.63. The number of para-hydroxylation sites is 1. The maximum absolute atomic E-state index is 14.1. The van der Waals surface area contributed by atoms with E-state index in [1.807, 2.05) is 24.3 Å². The lowest BCUT2D eigenvalue weighted by Gasteiger charge is -2.41. The molecule has 0 bridgehead atoms. The van der Waals surface area contributed by atoms with E-state index in [2.05, 4.69) is 19.2 Å². The first-order chi connectivity index (χ1) is 19.6. The number of ether oxygens (including phenoxy) is 4. The smallest absolute Gasteiger partial charge is 0.265 e. The van der Waals surface area contributed by atoms with Gasteiger partial charge < -0.3 is 24.3 Å². The van der Waals surface area contributed by atoms with Crippen LogP contribution in [0.1, 0.15) is 44.7 Å². The minimum Gasteiger partial charge on any atom is -0.495 e. The minimum atomic E-state index is -4.32. The Morgan fingerprint density at radius 1 is 0.976 bits per heavy atom. The molecule has 1 N–H and O–H groups in total. The van der Waals surface area contributed by atoms with Gasteiger partial charge in [-0.05, 0) is 49.2 Å². The summed E-state index contributed by atoms with van der Waals surface area (Å²) in [6.07, 6.45) is 2.05. The zero-order valence-corrected chi connectivity index (χ0v) is 25.3. The van der Waals surface area contributed by atoms with E-state index >= 15 is 0 Å². The van der Waals surface area contributed by atoms with Crippen molar-refractivity contribution in [2.75, 3.05) is 32.2 Å². The van der Waals surface area contributed by atoms with Crippen molar-refractivity contribution in [2.45, 2.75) is 49.6 Å². The molecule has 1 aliphatic rings. The number of methoxy groups -OCH3 is 3. The molecule has 1 aliphatic heterocycles. The van der Waals surface area contributed by atoms with Crippen molar-refractivity contribution in [2.24, 2.45) is 0 Å². The molecular weight excluding hydrogens is 568 g/mol. The number of benzene rings is 3. The fourth-order valence-electron chi connectivity index (χ4n) is 5.06. The topological polar surface area (TPSA) is 103 Å². The van der Waals surface area contributed by atoms with E-state index in [0.717, 1.165) is 22.7 Å². The number of hydrogen-bond acceptors (Lipinski definition) is 7. The summed E-state index contributed by atoms with van der Waals surface area (Å²) in [5, 5.41) is 3.35. The van der Waals surface area contributed by atoms with Gasteiger partial charge in [0.2, 0.25) is 5.91 Å². The quantitative estimate of drug-likeness (QED) is 0.298. The van der Waals surface area contributed by atoms with Gasteiger partial charge >= 0.3 is 0 Å². The number of hydrogen-bond donors (Lipinski definition) is 1. The lowest BCUT2D eigenvalue weighted by atomic mass is 9.83. The Morgan fingerprint density at radius 2 is 1.63 bits per heavy atom. The molecule has 0 saturated carbocycles. The van der Waals surface area contributed by atoms with E-state index in [1.165, 1.54) is 45.6 Å². The molecule has 0 aliphatic carbocycles. The van der Waals surface area contributed by atoms with Crippen LogP contribution in [0.2, 0.25) is 5.02 Å². The van der Waals surface area contributed by atoms with Gasteiger partial charge in [-0.25, -0.2) is 8.42 Å². The molecule has 4 rings (SSSR count). The maximum Gasteiger partial charge on any atom is 0.265 e. The van der Waals surface area contributed by atoms with Crippen LogP contribution in [-0.2, 0) is 14.8 Å². The summed E-state index contributed by atoms with van der Waals surface area (Å²) in [5.74, 6) is 1.03. The number of fused-ring (bicyclic) bond motifs is 1. The normalized spacial score (nSPS) is 15.7. The maximum atomic E-state index is 14.1. The van der Waals surface area contributed by atoms with Crippen LogP contribution < -0.4 is 28.6 Å². The van der Waals surface area contributed by atoms with E-state index in [9.17, 15) is 13.2 Å². The van der Waals surface area contributed by atoms with Crippen LogP contribution >= 0.6 is 11.6 Å². The molecule has 0 unspecified atom stereocenters. The van der Waals surface area contributed by atoms with Gasteiger partial charge in [0.25, 0.3) is 10.0 Å². The number of nitrogens with one attached hydrogen (secondary N) is 1. The van der Waals surface area contributed by atoms with Gasteiger partial charge in [-0.15, -0.1) is 0 Å². The predicted molar refractivity (Wildman–Crippen MR) is 158 cm³/mol. The summed E-state index contributed by atoms with van der Waals surface area (Å²) in [4.78, 5) is 13.6. The zero-order chi connectivity index (χ0) is 29.8. The number of carbonyl (C=O) groups is 1. The van der Waals surface area contributed by atoms with Crippen LogP contribution in [0.5, 0.6) is 23.0 Å². The first-order valence-electron chi connectivity index (χ1n) is 13.3. The number of amides is 1. The number of sulfonamides is 1. The summed E-state index contributed by atoms with van der Waals surface area (Å²) < 4.78 is 51.7. The number of anilines is 1. The fourth-order valence-corrected chi connectivity index (χ4v) is 6.67. The van der Waals surface area contributed by atoms with Crippen molar-refractivity contribution < 1.29 is 32.2 Å². The second-order valence-corrected chi connectivity index (χ2v) is 12.0. The molecule has 11 heteroatoms. The SMILES string of the molecule is CCC1(CC)C[C@H](NC(=O)CN(c2cc(Cl)ccc2OC)S(=O)(=O)c2ccc(OC)c(OC)c2)c2ccccc2O1. The molecule has 0 spiro atoms. The minimum absolute atomic E-state index is 0.0997. The van der Waals surface area contributed by atoms with Crippen LogP contribution in [-0.4, -0.2) is 47.8 Å². The number of carbonyl (C=O) groups excluding carboxylic acids is 1. The molecule has 0 radical (unpaired) electrons. The second kappa shape index (κ2) is 12.5. The van der Waals surface area contributed by atoms with Gasteiger partial charge in [0.1, 0.15) is 23.6 Å². The molecule has 1 heterocycles. The van der Waals surface area contributed by atoms with E-state index in [4.69, 9.17) is 30.5 Å². The van der Waals surface area contributed by atoms with Crippen LogP contribution in [0, 0.1) is 0 Å². The molecule has 0 saturated heterocycles. The summed E-state index contributed by atoms with van der Waals surface area (Å²) in [6, 6.07) is 16.0. The van der Waals surface area contributed by atoms with Gasteiger partial charge in [-0.3, -0.25) is 9.10 Å². The van der Waals surface area contributed by atoms with Gasteiger partial charge in [-0.2, -0.15) is 0 Å². The van der Waals surface area contributed by atoms with Crippen molar-refractivity contribution in [1.29, 1.82) is 0 Å². The highest BCUT2D eigenvalue weighted by molar-refractivity contribution is 7.92. The van der Waals surface area contributed by atoms with Crippen molar-refractivity contribution >= 4 is 33.2 Å². The van der Waals surface area contributed by atoms with E-state index in [0.29, 0.717) is 17.9 Å². The largest absolute Gasteiger partial charge is 0.495 e. The van der Waals surface area contributed by atoms with Crippen LogP contribution in [0.4, 0.5) is 5.69 Å². The highest BCUT2D eigenvalue weighted by Crippen LogP contribution is 2.43. The standard InChI is InChI=1S/C30H35ClN2O7S/c1-6-30(7-2)18-23(22-10-8-9-11-25(22)40-30)32-29(34)19-33(24-16-20(31)12-14-26(24)37-3)41(35,36)21-13-15-27(38-4)28(17-21)39-5/h8-17,23H,6-7,18-19H2,1-5H3,(H,32,34)/t23-/m0/s1.